The minimum atomic E-state index is -0.362. The van der Waals surface area contributed by atoms with Crippen molar-refractivity contribution in [2.45, 2.75) is 20.8 Å². The molecule has 0 bridgehead atoms. The van der Waals surface area contributed by atoms with E-state index in [1.807, 2.05) is 39.0 Å². The van der Waals surface area contributed by atoms with Gasteiger partial charge in [-0.3, -0.25) is 10.1 Å². The van der Waals surface area contributed by atoms with E-state index >= 15 is 0 Å². The Morgan fingerprint density at radius 3 is 2.71 bits per heavy atom. The first-order valence-electron chi connectivity index (χ1n) is 7.21. The van der Waals surface area contributed by atoms with Gasteiger partial charge in [0.2, 0.25) is 0 Å². The van der Waals surface area contributed by atoms with Crippen molar-refractivity contribution >= 4 is 39.6 Å². The van der Waals surface area contributed by atoms with Gasteiger partial charge in [0.1, 0.15) is 16.8 Å². The summed E-state index contributed by atoms with van der Waals surface area (Å²) in [4.78, 5) is 13.0. The maximum absolute atomic E-state index is 11.9. The number of carbonyl (C=O) groups excluding carboxylic acids is 1. The maximum atomic E-state index is 11.9. The number of nitriles is 1. The van der Waals surface area contributed by atoms with Crippen LogP contribution in [0.1, 0.15) is 21.6 Å². The molecule has 0 spiro atoms. The van der Waals surface area contributed by atoms with Crippen LogP contribution in [0.2, 0.25) is 0 Å². The zero-order valence-corrected chi connectivity index (χ0v) is 15.2. The van der Waals surface area contributed by atoms with E-state index in [0.717, 1.165) is 16.0 Å². The molecule has 0 fully saturated rings. The highest BCUT2D eigenvalue weighted by Gasteiger charge is 2.14. The molecule has 2 rings (SSSR count). The van der Waals surface area contributed by atoms with Gasteiger partial charge in [0.25, 0.3) is 5.91 Å². The fourth-order valence-corrected chi connectivity index (χ4v) is 3.30. The Morgan fingerprint density at radius 2 is 2.04 bits per heavy atom. The molecule has 0 atom stereocenters. The number of nitrogens with zero attached hydrogens (tertiary/aromatic N) is 1. The second-order valence-corrected chi connectivity index (χ2v) is 6.79. The quantitative estimate of drug-likeness (QED) is 0.818. The zero-order chi connectivity index (χ0) is 17.7. The van der Waals surface area contributed by atoms with Gasteiger partial charge in [-0.1, -0.05) is 18.2 Å². The number of benzene rings is 1. The lowest BCUT2D eigenvalue weighted by atomic mass is 10.2. The Morgan fingerprint density at radius 1 is 1.33 bits per heavy atom. The molecule has 0 aliphatic heterocycles. The van der Waals surface area contributed by atoms with E-state index in [2.05, 4.69) is 16.7 Å². The maximum Gasteiger partial charge on any atom is 0.264 e. The second kappa shape index (κ2) is 7.90. The standard InChI is InChI=1S/C17H17N3O2S2/c1-10-6-4-5-7-14(10)22-9-15(21)19-17(23)20-16-13(8-18)11(2)12(3)24-16/h4-7H,9H2,1-3H3,(H2,19,20,21,23). The van der Waals surface area contributed by atoms with Gasteiger partial charge in [0.05, 0.1) is 5.56 Å². The van der Waals surface area contributed by atoms with Crippen LogP contribution in [-0.4, -0.2) is 17.6 Å². The van der Waals surface area contributed by atoms with Crippen LogP contribution in [-0.2, 0) is 4.79 Å². The lowest BCUT2D eigenvalue weighted by Crippen LogP contribution is -2.37. The summed E-state index contributed by atoms with van der Waals surface area (Å²) < 4.78 is 5.47. The van der Waals surface area contributed by atoms with E-state index in [9.17, 15) is 10.1 Å². The van der Waals surface area contributed by atoms with Gasteiger partial charge in [-0.25, -0.2) is 0 Å². The molecule has 24 heavy (non-hydrogen) atoms. The number of ether oxygens (including phenoxy) is 1. The SMILES string of the molecule is Cc1ccccc1OCC(=O)NC(=S)Nc1sc(C)c(C)c1C#N. The van der Waals surface area contributed by atoms with Crippen LogP contribution in [0.15, 0.2) is 24.3 Å². The lowest BCUT2D eigenvalue weighted by Gasteiger charge is -2.10. The third-order valence-corrected chi connectivity index (χ3v) is 4.76. The summed E-state index contributed by atoms with van der Waals surface area (Å²) in [7, 11) is 0. The van der Waals surface area contributed by atoms with Crippen molar-refractivity contribution in [1.29, 1.82) is 5.26 Å². The molecule has 5 nitrogen and oxygen atoms in total. The zero-order valence-electron chi connectivity index (χ0n) is 13.6. The molecule has 1 aromatic heterocycles. The van der Waals surface area contributed by atoms with E-state index in [1.165, 1.54) is 11.3 Å². The second-order valence-electron chi connectivity index (χ2n) is 5.16. The summed E-state index contributed by atoms with van der Waals surface area (Å²) in [5, 5.41) is 15.4. The van der Waals surface area contributed by atoms with Crippen LogP contribution < -0.4 is 15.4 Å². The molecule has 0 saturated heterocycles. The first-order valence-corrected chi connectivity index (χ1v) is 8.44. The van der Waals surface area contributed by atoms with Gasteiger partial charge in [0, 0.05) is 4.88 Å². The number of aryl methyl sites for hydroxylation is 2. The van der Waals surface area contributed by atoms with Crippen LogP contribution in [0.4, 0.5) is 5.00 Å². The summed E-state index contributed by atoms with van der Waals surface area (Å²) in [5.74, 6) is 0.294. The predicted octanol–water partition coefficient (Wildman–Crippen LogP) is 3.44. The van der Waals surface area contributed by atoms with Crippen molar-refractivity contribution in [2.24, 2.45) is 0 Å². The number of anilines is 1. The van der Waals surface area contributed by atoms with E-state index in [-0.39, 0.29) is 17.6 Å². The van der Waals surface area contributed by atoms with Gasteiger partial charge in [-0.15, -0.1) is 11.3 Å². The number of thiocarbonyl (C=S) groups is 1. The molecule has 0 aliphatic rings. The molecular formula is C17H17N3O2S2. The summed E-state index contributed by atoms with van der Waals surface area (Å²) in [6, 6.07) is 9.60. The number of hydrogen-bond donors (Lipinski definition) is 2. The van der Waals surface area contributed by atoms with Crippen molar-refractivity contribution < 1.29 is 9.53 Å². The first kappa shape index (κ1) is 17.9. The van der Waals surface area contributed by atoms with Crippen molar-refractivity contribution in [3.8, 4) is 11.8 Å². The number of thiophene rings is 1. The van der Waals surface area contributed by atoms with Gasteiger partial charge < -0.3 is 10.1 Å². The lowest BCUT2D eigenvalue weighted by molar-refractivity contribution is -0.121. The molecule has 1 aromatic carbocycles. The van der Waals surface area contributed by atoms with Crippen LogP contribution in [0.25, 0.3) is 0 Å². The third-order valence-electron chi connectivity index (χ3n) is 3.43. The highest BCUT2D eigenvalue weighted by atomic mass is 32.1. The minimum Gasteiger partial charge on any atom is -0.483 e. The Hall–Kier alpha value is -2.43. The molecule has 0 aliphatic carbocycles. The number of para-hydroxylation sites is 1. The van der Waals surface area contributed by atoms with Crippen molar-refractivity contribution in [3.63, 3.8) is 0 Å². The van der Waals surface area contributed by atoms with Gasteiger partial charge >= 0.3 is 0 Å². The number of carbonyl (C=O) groups is 1. The Balaban J connectivity index is 1.91. The predicted molar refractivity (Wildman–Crippen MR) is 99.5 cm³/mol. The Kier molecular flexibility index (Phi) is 5.90. The molecule has 124 valence electrons. The van der Waals surface area contributed by atoms with Crippen LogP contribution in [0, 0.1) is 32.1 Å². The van der Waals surface area contributed by atoms with Crippen molar-refractivity contribution in [2.75, 3.05) is 11.9 Å². The summed E-state index contributed by atoms with van der Waals surface area (Å²) >= 11 is 6.56. The summed E-state index contributed by atoms with van der Waals surface area (Å²) in [5.41, 5.74) is 2.42. The average Bonchev–Trinajstić information content (AvgIpc) is 2.80. The number of hydrogen-bond acceptors (Lipinski definition) is 5. The molecular weight excluding hydrogens is 342 g/mol. The highest BCUT2D eigenvalue weighted by molar-refractivity contribution is 7.80. The normalized spacial score (nSPS) is 9.92. The smallest absolute Gasteiger partial charge is 0.264 e. The number of amides is 1. The monoisotopic (exact) mass is 359 g/mol. The molecule has 0 radical (unpaired) electrons. The van der Waals surface area contributed by atoms with Crippen LogP contribution in [0.3, 0.4) is 0 Å². The van der Waals surface area contributed by atoms with Gasteiger partial charge in [-0.2, -0.15) is 5.26 Å². The van der Waals surface area contributed by atoms with Gasteiger partial charge in [-0.05, 0) is 50.2 Å². The molecule has 1 amide bonds. The first-order chi connectivity index (χ1) is 11.4. The van der Waals surface area contributed by atoms with E-state index < -0.39 is 0 Å². The topological polar surface area (TPSA) is 74.2 Å². The summed E-state index contributed by atoms with van der Waals surface area (Å²) in [6.07, 6.45) is 0. The van der Waals surface area contributed by atoms with E-state index in [1.54, 1.807) is 6.07 Å². The van der Waals surface area contributed by atoms with E-state index in [4.69, 9.17) is 17.0 Å². The largest absolute Gasteiger partial charge is 0.483 e. The highest BCUT2D eigenvalue weighted by Crippen LogP contribution is 2.31. The number of nitrogens with one attached hydrogen (secondary N) is 2. The van der Waals surface area contributed by atoms with Crippen molar-refractivity contribution in [3.05, 3.63) is 45.8 Å². The average molecular weight is 359 g/mol. The van der Waals surface area contributed by atoms with Crippen LogP contribution in [0.5, 0.6) is 5.75 Å². The third kappa shape index (κ3) is 4.31. The van der Waals surface area contributed by atoms with Crippen LogP contribution >= 0.6 is 23.6 Å². The van der Waals surface area contributed by atoms with Crippen molar-refractivity contribution in [1.82, 2.24) is 5.32 Å². The molecule has 2 N–H and O–H groups in total. The molecule has 1 heterocycles. The fourth-order valence-electron chi connectivity index (χ4n) is 2.01. The molecule has 2 aromatic rings. The Bertz CT molecular complexity index is 822. The molecule has 0 saturated carbocycles. The minimum absolute atomic E-state index is 0.139. The van der Waals surface area contributed by atoms with E-state index in [0.29, 0.717) is 16.3 Å². The van der Waals surface area contributed by atoms with Gasteiger partial charge in [0.15, 0.2) is 11.7 Å². The Labute approximate surface area is 150 Å². The fraction of sp³-hybridized carbons (Fsp3) is 0.235. The number of rotatable bonds is 4. The molecule has 7 heteroatoms. The molecule has 0 unspecified atom stereocenters. The summed E-state index contributed by atoms with van der Waals surface area (Å²) in [6.45, 7) is 5.58.